The van der Waals surface area contributed by atoms with Crippen LogP contribution >= 0.6 is 0 Å². The number of rotatable bonds is 5. The van der Waals surface area contributed by atoms with Crippen molar-refractivity contribution in [1.29, 1.82) is 0 Å². The summed E-state index contributed by atoms with van der Waals surface area (Å²) in [6.07, 6.45) is 6.01. The minimum Gasteiger partial charge on any atom is -0.462 e. The van der Waals surface area contributed by atoms with E-state index in [1.807, 2.05) is 13.8 Å². The molecule has 0 spiro atoms. The maximum absolute atomic E-state index is 12.7. The van der Waals surface area contributed by atoms with Gasteiger partial charge in [0.25, 0.3) is 0 Å². The second-order valence-electron chi connectivity index (χ2n) is 7.24. The highest BCUT2D eigenvalue weighted by molar-refractivity contribution is 7.87. The number of ether oxygens (including phenoxy) is 1. The zero-order valence-electron chi connectivity index (χ0n) is 17.1. The van der Waals surface area contributed by atoms with E-state index in [-0.39, 0.29) is 12.2 Å². The van der Waals surface area contributed by atoms with Gasteiger partial charge in [-0.05, 0) is 61.3 Å². The van der Waals surface area contributed by atoms with Gasteiger partial charge in [0.05, 0.1) is 12.2 Å². The summed E-state index contributed by atoms with van der Waals surface area (Å²) in [6, 6.07) is 6.38. The lowest BCUT2D eigenvalue weighted by atomic mass is 9.83. The molecule has 0 saturated carbocycles. The number of benzene rings is 1. The summed E-state index contributed by atoms with van der Waals surface area (Å²) in [5, 5.41) is 0. The average Bonchev–Trinajstić information content (AvgIpc) is 2.66. The van der Waals surface area contributed by atoms with Crippen molar-refractivity contribution in [3.8, 4) is 11.8 Å². The molecule has 0 N–H and O–H groups in total. The predicted octanol–water partition coefficient (Wildman–Crippen LogP) is 4.88. The van der Waals surface area contributed by atoms with E-state index in [1.165, 1.54) is 18.2 Å². The van der Waals surface area contributed by atoms with Crippen molar-refractivity contribution >= 4 is 16.1 Å². The van der Waals surface area contributed by atoms with E-state index in [4.69, 9.17) is 4.74 Å². The molecule has 5 nitrogen and oxygen atoms in total. The topological polar surface area (TPSA) is 69.7 Å². The number of carbonyl (C=O) groups is 1. The Morgan fingerprint density at radius 3 is 2.45 bits per heavy atom. The molecule has 0 saturated heterocycles. The first-order valence-electron chi connectivity index (χ1n) is 9.24. The first kappa shape index (κ1) is 24.3. The Morgan fingerprint density at radius 2 is 1.87 bits per heavy atom. The van der Waals surface area contributed by atoms with E-state index >= 15 is 0 Å². The van der Waals surface area contributed by atoms with Crippen LogP contribution in [0.1, 0.15) is 43.1 Å². The molecule has 9 heteroatoms. The maximum atomic E-state index is 12.7. The molecule has 1 aromatic carbocycles. The number of halogens is 3. The molecular formula is C22H21F3O5S. The number of allylic oxidation sites excluding steroid dienone is 4. The van der Waals surface area contributed by atoms with Crippen LogP contribution in [-0.2, 0) is 19.0 Å². The fraction of sp³-hybridized carbons (Fsp3) is 0.318. The van der Waals surface area contributed by atoms with E-state index in [9.17, 15) is 26.4 Å². The highest BCUT2D eigenvalue weighted by Gasteiger charge is 2.49. The second kappa shape index (κ2) is 9.43. The van der Waals surface area contributed by atoms with Crippen molar-refractivity contribution in [2.75, 3.05) is 6.61 Å². The summed E-state index contributed by atoms with van der Waals surface area (Å²) in [5.41, 5.74) is -4.76. The van der Waals surface area contributed by atoms with Crippen molar-refractivity contribution in [2.45, 2.75) is 32.7 Å². The van der Waals surface area contributed by atoms with Crippen LogP contribution < -0.4 is 0 Å². The Labute approximate surface area is 179 Å². The van der Waals surface area contributed by atoms with Crippen molar-refractivity contribution < 1.29 is 35.3 Å². The van der Waals surface area contributed by atoms with Crippen LogP contribution in [0.4, 0.5) is 13.2 Å². The monoisotopic (exact) mass is 454 g/mol. The lowest BCUT2D eigenvalue weighted by molar-refractivity contribution is -0.0520. The number of esters is 1. The Morgan fingerprint density at radius 1 is 1.23 bits per heavy atom. The number of alkyl halides is 3. The summed E-state index contributed by atoms with van der Waals surface area (Å²) in [4.78, 5) is 11.6. The molecule has 0 aliphatic heterocycles. The van der Waals surface area contributed by atoms with E-state index < -0.39 is 32.8 Å². The van der Waals surface area contributed by atoms with E-state index in [2.05, 4.69) is 16.0 Å². The van der Waals surface area contributed by atoms with Crippen LogP contribution in [0.25, 0.3) is 0 Å². The third-order valence-corrected chi connectivity index (χ3v) is 5.05. The molecule has 0 amide bonds. The van der Waals surface area contributed by atoms with Crippen molar-refractivity contribution in [3.05, 3.63) is 71.0 Å². The first-order valence-corrected chi connectivity index (χ1v) is 10.6. The predicted molar refractivity (Wildman–Crippen MR) is 109 cm³/mol. The van der Waals surface area contributed by atoms with Gasteiger partial charge in [-0.2, -0.15) is 21.6 Å². The molecule has 1 aliphatic rings. The Kier molecular flexibility index (Phi) is 7.39. The first-order chi connectivity index (χ1) is 14.3. The third kappa shape index (κ3) is 6.76. The molecule has 1 aromatic rings. The van der Waals surface area contributed by atoms with Crippen LogP contribution in [0.5, 0.6) is 0 Å². The average molecular weight is 454 g/mol. The van der Waals surface area contributed by atoms with Gasteiger partial charge in [0, 0.05) is 11.1 Å². The van der Waals surface area contributed by atoms with Crippen molar-refractivity contribution in [3.63, 3.8) is 0 Å². The molecule has 1 aliphatic carbocycles. The quantitative estimate of drug-likeness (QED) is 0.275. The molecule has 31 heavy (non-hydrogen) atoms. The van der Waals surface area contributed by atoms with Crippen molar-refractivity contribution in [1.82, 2.24) is 0 Å². The fourth-order valence-electron chi connectivity index (χ4n) is 2.56. The molecule has 0 unspecified atom stereocenters. The highest BCUT2D eigenvalue weighted by atomic mass is 32.2. The smallest absolute Gasteiger partial charge is 0.462 e. The summed E-state index contributed by atoms with van der Waals surface area (Å²) in [7, 11) is -5.77. The Bertz CT molecular complexity index is 1080. The van der Waals surface area contributed by atoms with Crippen LogP contribution in [0.15, 0.2) is 59.9 Å². The molecule has 2 rings (SSSR count). The van der Waals surface area contributed by atoms with Crippen LogP contribution in [0.3, 0.4) is 0 Å². The SMILES string of the molecule is CCOC(=O)c1ccc(C#C/C=C/C2=CC(C)(C)CC=C2OS(=O)(=O)C(F)(F)F)cc1. The lowest BCUT2D eigenvalue weighted by Crippen LogP contribution is -2.26. The number of hydrogen-bond acceptors (Lipinski definition) is 5. The molecule has 0 radical (unpaired) electrons. The second-order valence-corrected chi connectivity index (χ2v) is 8.78. The summed E-state index contributed by atoms with van der Waals surface area (Å²) in [5.74, 6) is 4.70. The van der Waals surface area contributed by atoms with Crippen molar-refractivity contribution in [2.24, 2.45) is 5.41 Å². The van der Waals surface area contributed by atoms with Crippen LogP contribution in [-0.4, -0.2) is 26.5 Å². The minimum absolute atomic E-state index is 0.177. The van der Waals surface area contributed by atoms with Crippen LogP contribution in [0, 0.1) is 17.3 Å². The minimum atomic E-state index is -5.77. The molecule has 0 fully saturated rings. The normalized spacial score (nSPS) is 16.1. The number of carbonyl (C=O) groups excluding carboxylic acids is 1. The van der Waals surface area contributed by atoms with Gasteiger partial charge in [-0.1, -0.05) is 31.8 Å². The van der Waals surface area contributed by atoms with Gasteiger partial charge < -0.3 is 8.92 Å². The standard InChI is InChI=1S/C22H21F3O5S/c1-4-29-20(26)17-11-9-16(10-12-17)7-5-6-8-18-15-21(2,3)14-13-19(18)30-31(27,28)22(23,24)25/h6,8-13,15H,4,14H2,1-3H3/b8-6+. The summed E-state index contributed by atoms with van der Waals surface area (Å²) in [6.45, 7) is 5.67. The van der Waals surface area contributed by atoms with Gasteiger partial charge >= 0.3 is 21.6 Å². The fourth-order valence-corrected chi connectivity index (χ4v) is 3.06. The lowest BCUT2D eigenvalue weighted by Gasteiger charge is -2.25. The van der Waals surface area contributed by atoms with E-state index in [0.717, 1.165) is 0 Å². The van der Waals surface area contributed by atoms with E-state index in [1.54, 1.807) is 37.3 Å². The van der Waals surface area contributed by atoms with Crippen LogP contribution in [0.2, 0.25) is 0 Å². The molecule has 0 atom stereocenters. The largest absolute Gasteiger partial charge is 0.534 e. The van der Waals surface area contributed by atoms with Gasteiger partial charge in [-0.3, -0.25) is 0 Å². The summed E-state index contributed by atoms with van der Waals surface area (Å²) < 4.78 is 69.9. The number of hydrogen-bond donors (Lipinski definition) is 0. The third-order valence-electron chi connectivity index (χ3n) is 4.09. The molecule has 0 aromatic heterocycles. The highest BCUT2D eigenvalue weighted by Crippen LogP contribution is 2.36. The maximum Gasteiger partial charge on any atom is 0.534 e. The Hall–Kier alpha value is -2.99. The zero-order chi connectivity index (χ0) is 23.3. The van der Waals surface area contributed by atoms with Gasteiger partial charge in [0.15, 0.2) is 0 Å². The van der Waals surface area contributed by atoms with Gasteiger partial charge in [0.2, 0.25) is 0 Å². The Balaban J connectivity index is 2.18. The molecule has 166 valence electrons. The van der Waals surface area contributed by atoms with Gasteiger partial charge in [-0.15, -0.1) is 0 Å². The molecular weight excluding hydrogens is 433 g/mol. The zero-order valence-corrected chi connectivity index (χ0v) is 17.9. The van der Waals surface area contributed by atoms with Gasteiger partial charge in [0.1, 0.15) is 5.76 Å². The molecule has 0 bridgehead atoms. The van der Waals surface area contributed by atoms with Gasteiger partial charge in [-0.25, -0.2) is 4.79 Å². The summed E-state index contributed by atoms with van der Waals surface area (Å²) >= 11 is 0. The molecule has 0 heterocycles. The van der Waals surface area contributed by atoms with E-state index in [0.29, 0.717) is 17.5 Å².